The lowest BCUT2D eigenvalue weighted by Crippen LogP contribution is -2.35. The average molecular weight is 280 g/mol. The zero-order chi connectivity index (χ0) is 14.4. The second kappa shape index (κ2) is 4.52. The van der Waals surface area contributed by atoms with Gasteiger partial charge >= 0.3 is 0 Å². The number of aryl methyl sites for hydroxylation is 2. The van der Waals surface area contributed by atoms with Gasteiger partial charge in [0.05, 0.1) is 0 Å². The van der Waals surface area contributed by atoms with Gasteiger partial charge in [0.1, 0.15) is 11.5 Å². The molecule has 2 heteroatoms. The van der Waals surface area contributed by atoms with E-state index in [9.17, 15) is 10.2 Å². The average Bonchev–Trinajstić information content (AvgIpc) is 2.49. The first-order valence-corrected chi connectivity index (χ1v) is 7.84. The highest BCUT2D eigenvalue weighted by molar-refractivity contribution is 5.53. The minimum absolute atomic E-state index is 0.0152. The molecule has 2 N–H and O–H groups in total. The van der Waals surface area contributed by atoms with Crippen molar-refractivity contribution in [1.29, 1.82) is 0 Å². The summed E-state index contributed by atoms with van der Waals surface area (Å²) in [5.41, 5.74) is 5.25. The first-order chi connectivity index (χ1) is 10.2. The maximum atomic E-state index is 9.96. The van der Waals surface area contributed by atoms with Gasteiger partial charge in [0.2, 0.25) is 0 Å². The van der Waals surface area contributed by atoms with Crippen molar-refractivity contribution in [2.45, 2.75) is 43.9 Å². The SMILES string of the molecule is Oc1ccc2c(c1)C1(CCC2)CCCc2ccc(O)cc21. The van der Waals surface area contributed by atoms with Crippen molar-refractivity contribution in [2.75, 3.05) is 0 Å². The van der Waals surface area contributed by atoms with Crippen molar-refractivity contribution in [3.8, 4) is 11.5 Å². The minimum atomic E-state index is -0.0152. The van der Waals surface area contributed by atoms with Crippen LogP contribution in [0.15, 0.2) is 36.4 Å². The van der Waals surface area contributed by atoms with Gasteiger partial charge in [-0.05, 0) is 85.0 Å². The molecule has 0 amide bonds. The van der Waals surface area contributed by atoms with E-state index in [2.05, 4.69) is 12.1 Å². The van der Waals surface area contributed by atoms with Crippen molar-refractivity contribution in [3.63, 3.8) is 0 Å². The molecule has 21 heavy (non-hydrogen) atoms. The molecule has 0 aliphatic heterocycles. The summed E-state index contributed by atoms with van der Waals surface area (Å²) in [6, 6.07) is 11.6. The topological polar surface area (TPSA) is 40.5 Å². The Kier molecular flexibility index (Phi) is 2.75. The third-order valence-corrected chi connectivity index (χ3v) is 5.32. The predicted octanol–water partition coefficient (Wildman–Crippen LogP) is 4.06. The molecule has 2 aromatic carbocycles. The number of phenols is 2. The maximum absolute atomic E-state index is 9.96. The van der Waals surface area contributed by atoms with Crippen LogP contribution in [0.3, 0.4) is 0 Å². The molecule has 0 radical (unpaired) electrons. The fourth-order valence-electron chi connectivity index (χ4n) is 4.43. The van der Waals surface area contributed by atoms with Crippen LogP contribution in [0.5, 0.6) is 11.5 Å². The Morgan fingerprint density at radius 3 is 1.67 bits per heavy atom. The number of hydrogen-bond donors (Lipinski definition) is 2. The molecule has 0 unspecified atom stereocenters. The smallest absolute Gasteiger partial charge is 0.115 e. The molecule has 0 aromatic heterocycles. The number of rotatable bonds is 0. The molecular formula is C19H20O2. The molecule has 0 heterocycles. The van der Waals surface area contributed by atoms with E-state index in [1.165, 1.54) is 35.1 Å². The van der Waals surface area contributed by atoms with Crippen molar-refractivity contribution >= 4 is 0 Å². The molecule has 4 rings (SSSR count). The number of phenolic OH excluding ortho intramolecular Hbond substituents is 2. The summed E-state index contributed by atoms with van der Waals surface area (Å²) in [7, 11) is 0. The van der Waals surface area contributed by atoms with Gasteiger partial charge < -0.3 is 10.2 Å². The Morgan fingerprint density at radius 2 is 1.19 bits per heavy atom. The lowest BCUT2D eigenvalue weighted by Gasteiger charge is -2.44. The molecule has 2 aliphatic rings. The molecule has 0 saturated carbocycles. The van der Waals surface area contributed by atoms with Crippen molar-refractivity contribution in [3.05, 3.63) is 58.7 Å². The van der Waals surface area contributed by atoms with Crippen molar-refractivity contribution < 1.29 is 10.2 Å². The first-order valence-electron chi connectivity index (χ1n) is 7.84. The molecule has 2 nitrogen and oxygen atoms in total. The summed E-state index contributed by atoms with van der Waals surface area (Å²) < 4.78 is 0. The first kappa shape index (κ1) is 12.8. The van der Waals surface area contributed by atoms with E-state index in [0.29, 0.717) is 11.5 Å². The zero-order valence-corrected chi connectivity index (χ0v) is 12.1. The Morgan fingerprint density at radius 1 is 0.714 bits per heavy atom. The highest BCUT2D eigenvalue weighted by atomic mass is 16.3. The molecular weight excluding hydrogens is 260 g/mol. The highest BCUT2D eigenvalue weighted by Crippen LogP contribution is 2.51. The summed E-state index contributed by atoms with van der Waals surface area (Å²) in [6.45, 7) is 0. The van der Waals surface area contributed by atoms with Crippen LogP contribution < -0.4 is 0 Å². The molecule has 0 fully saturated rings. The zero-order valence-electron chi connectivity index (χ0n) is 12.1. The van der Waals surface area contributed by atoms with Gasteiger partial charge in [0.15, 0.2) is 0 Å². The second-order valence-electron chi connectivity index (χ2n) is 6.47. The van der Waals surface area contributed by atoms with E-state index in [-0.39, 0.29) is 5.41 Å². The number of aromatic hydroxyl groups is 2. The standard InChI is InChI=1S/C19H20O2/c20-15-7-5-13-3-1-9-19(17(13)11-15)10-2-4-14-6-8-16(21)12-18(14)19/h5-8,11-12,20-21H,1-4,9-10H2. The van der Waals surface area contributed by atoms with Crippen LogP contribution in [-0.4, -0.2) is 10.2 Å². The Hall–Kier alpha value is -1.96. The van der Waals surface area contributed by atoms with Gasteiger partial charge in [-0.2, -0.15) is 0 Å². The van der Waals surface area contributed by atoms with Crippen molar-refractivity contribution in [2.24, 2.45) is 0 Å². The lowest BCUT2D eigenvalue weighted by atomic mass is 9.60. The fraction of sp³-hybridized carbons (Fsp3) is 0.368. The van der Waals surface area contributed by atoms with Crippen LogP contribution in [0, 0.1) is 0 Å². The van der Waals surface area contributed by atoms with Crippen LogP contribution in [0.2, 0.25) is 0 Å². The molecule has 2 aromatic rings. The summed E-state index contributed by atoms with van der Waals surface area (Å²) in [5.74, 6) is 0.699. The second-order valence-corrected chi connectivity index (χ2v) is 6.47. The lowest BCUT2D eigenvalue weighted by molar-refractivity contribution is 0.362. The van der Waals surface area contributed by atoms with Gasteiger partial charge in [-0.15, -0.1) is 0 Å². The molecule has 0 atom stereocenters. The Bertz CT molecular complexity index is 641. The van der Waals surface area contributed by atoms with Gasteiger partial charge in [-0.1, -0.05) is 12.1 Å². The highest BCUT2D eigenvalue weighted by Gasteiger charge is 2.41. The molecule has 0 bridgehead atoms. The predicted molar refractivity (Wildman–Crippen MR) is 82.9 cm³/mol. The van der Waals surface area contributed by atoms with E-state index in [1.807, 2.05) is 12.1 Å². The van der Waals surface area contributed by atoms with E-state index in [1.54, 1.807) is 12.1 Å². The van der Waals surface area contributed by atoms with Gasteiger partial charge in [-0.25, -0.2) is 0 Å². The van der Waals surface area contributed by atoms with Crippen LogP contribution in [0.1, 0.15) is 47.9 Å². The largest absolute Gasteiger partial charge is 0.508 e. The molecule has 108 valence electrons. The molecule has 1 spiro atoms. The van der Waals surface area contributed by atoms with Crippen LogP contribution in [-0.2, 0) is 18.3 Å². The monoisotopic (exact) mass is 280 g/mol. The van der Waals surface area contributed by atoms with E-state index < -0.39 is 0 Å². The van der Waals surface area contributed by atoms with E-state index >= 15 is 0 Å². The summed E-state index contributed by atoms with van der Waals surface area (Å²) in [5, 5.41) is 19.9. The number of benzene rings is 2. The number of hydrogen-bond acceptors (Lipinski definition) is 2. The van der Waals surface area contributed by atoms with Crippen LogP contribution >= 0.6 is 0 Å². The van der Waals surface area contributed by atoms with Gasteiger partial charge in [0, 0.05) is 5.41 Å². The summed E-state index contributed by atoms with van der Waals surface area (Å²) in [6.07, 6.45) is 6.75. The Labute approximate surface area is 125 Å². The maximum Gasteiger partial charge on any atom is 0.115 e. The van der Waals surface area contributed by atoms with Crippen molar-refractivity contribution in [1.82, 2.24) is 0 Å². The molecule has 2 aliphatic carbocycles. The normalized spacial score (nSPS) is 19.0. The Balaban J connectivity index is 1.99. The summed E-state index contributed by atoms with van der Waals surface area (Å²) >= 11 is 0. The van der Waals surface area contributed by atoms with Crippen LogP contribution in [0.25, 0.3) is 0 Å². The van der Waals surface area contributed by atoms with Gasteiger partial charge in [0.25, 0.3) is 0 Å². The quantitative estimate of drug-likeness (QED) is 0.764. The summed E-state index contributed by atoms with van der Waals surface area (Å²) in [4.78, 5) is 0. The van der Waals surface area contributed by atoms with Crippen LogP contribution in [0.4, 0.5) is 0 Å². The molecule has 0 saturated heterocycles. The van der Waals surface area contributed by atoms with E-state index in [0.717, 1.165) is 25.7 Å². The third kappa shape index (κ3) is 1.85. The van der Waals surface area contributed by atoms with E-state index in [4.69, 9.17) is 0 Å². The van der Waals surface area contributed by atoms with Gasteiger partial charge in [-0.3, -0.25) is 0 Å². The number of fused-ring (bicyclic) bond motifs is 4. The third-order valence-electron chi connectivity index (χ3n) is 5.32. The minimum Gasteiger partial charge on any atom is -0.508 e. The fourth-order valence-corrected chi connectivity index (χ4v) is 4.43.